The zero-order valence-electron chi connectivity index (χ0n) is 11.7. The van der Waals surface area contributed by atoms with Crippen molar-refractivity contribution in [1.29, 1.82) is 0 Å². The van der Waals surface area contributed by atoms with Crippen molar-refractivity contribution in [3.63, 3.8) is 0 Å². The lowest BCUT2D eigenvalue weighted by atomic mass is 9.94. The summed E-state index contributed by atoms with van der Waals surface area (Å²) in [5.41, 5.74) is 2.61. The molecule has 102 valence electrons. The first kappa shape index (κ1) is 13.1. The van der Waals surface area contributed by atoms with E-state index in [0.717, 1.165) is 25.9 Å². The Hall–Kier alpha value is -1.86. The van der Waals surface area contributed by atoms with Gasteiger partial charge in [-0.05, 0) is 30.4 Å². The van der Waals surface area contributed by atoms with Gasteiger partial charge < -0.3 is 4.74 Å². The highest BCUT2D eigenvalue weighted by Gasteiger charge is 2.45. The van der Waals surface area contributed by atoms with Crippen molar-refractivity contribution < 1.29 is 4.74 Å². The molecule has 0 saturated carbocycles. The lowest BCUT2D eigenvalue weighted by Gasteiger charge is -2.11. The van der Waals surface area contributed by atoms with E-state index < -0.39 is 0 Å². The SMILES string of the molecule is C(=C/c1ccccc1)/CCCC1(c2ccccc2)CO1. The highest BCUT2D eigenvalue weighted by Crippen LogP contribution is 2.43. The fraction of sp³-hybridized carbons (Fsp3) is 0.263. The summed E-state index contributed by atoms with van der Waals surface area (Å²) in [7, 11) is 0. The lowest BCUT2D eigenvalue weighted by Crippen LogP contribution is -2.07. The average Bonchev–Trinajstić information content (AvgIpc) is 3.30. The largest absolute Gasteiger partial charge is 0.365 e. The standard InChI is InChI=1S/C19H20O/c1-4-10-17(11-5-1)12-6-3-9-15-19(16-20-19)18-13-7-2-8-14-18/h1-2,4-8,10-14H,3,9,15-16H2/b12-6-. The van der Waals surface area contributed by atoms with Crippen LogP contribution in [-0.2, 0) is 10.3 Å². The van der Waals surface area contributed by atoms with Crippen LogP contribution in [0.15, 0.2) is 66.7 Å². The first-order valence-electron chi connectivity index (χ1n) is 7.30. The number of benzene rings is 2. The number of hydrogen-bond acceptors (Lipinski definition) is 1. The fourth-order valence-corrected chi connectivity index (χ4v) is 2.57. The summed E-state index contributed by atoms with van der Waals surface area (Å²) in [5, 5.41) is 0. The van der Waals surface area contributed by atoms with Gasteiger partial charge in [0.2, 0.25) is 0 Å². The minimum atomic E-state index is 0.0157. The Morgan fingerprint density at radius 3 is 2.25 bits per heavy atom. The zero-order chi connectivity index (χ0) is 13.7. The Morgan fingerprint density at radius 2 is 1.60 bits per heavy atom. The van der Waals surface area contributed by atoms with Gasteiger partial charge in [0.15, 0.2) is 0 Å². The number of ether oxygens (including phenoxy) is 1. The van der Waals surface area contributed by atoms with Crippen molar-refractivity contribution in [2.24, 2.45) is 0 Å². The smallest absolute Gasteiger partial charge is 0.117 e. The average molecular weight is 264 g/mol. The van der Waals surface area contributed by atoms with Crippen molar-refractivity contribution in [3.8, 4) is 0 Å². The maximum atomic E-state index is 5.72. The highest BCUT2D eigenvalue weighted by molar-refractivity contribution is 5.48. The summed E-state index contributed by atoms with van der Waals surface area (Å²) < 4.78 is 5.72. The Labute approximate surface area is 120 Å². The molecule has 0 amide bonds. The van der Waals surface area contributed by atoms with Gasteiger partial charge in [-0.3, -0.25) is 0 Å². The van der Waals surface area contributed by atoms with Crippen LogP contribution in [0.2, 0.25) is 0 Å². The molecule has 0 N–H and O–H groups in total. The molecule has 0 aromatic heterocycles. The summed E-state index contributed by atoms with van der Waals surface area (Å²) in [4.78, 5) is 0. The van der Waals surface area contributed by atoms with Gasteiger partial charge >= 0.3 is 0 Å². The molecule has 0 bridgehead atoms. The van der Waals surface area contributed by atoms with Crippen molar-refractivity contribution in [2.75, 3.05) is 6.61 Å². The second-order valence-corrected chi connectivity index (χ2v) is 5.35. The number of rotatable bonds is 6. The van der Waals surface area contributed by atoms with Crippen LogP contribution in [0.1, 0.15) is 30.4 Å². The third-order valence-corrected chi connectivity index (χ3v) is 3.85. The summed E-state index contributed by atoms with van der Waals surface area (Å²) in [6, 6.07) is 21.0. The molecule has 0 radical (unpaired) electrons. The predicted molar refractivity (Wildman–Crippen MR) is 83.4 cm³/mol. The van der Waals surface area contributed by atoms with Crippen molar-refractivity contribution >= 4 is 6.08 Å². The lowest BCUT2D eigenvalue weighted by molar-refractivity contribution is 0.288. The van der Waals surface area contributed by atoms with Gasteiger partial charge in [0.05, 0.1) is 6.61 Å². The van der Waals surface area contributed by atoms with E-state index in [2.05, 4.69) is 66.7 Å². The first-order chi connectivity index (χ1) is 9.89. The van der Waals surface area contributed by atoms with Crippen LogP contribution >= 0.6 is 0 Å². The highest BCUT2D eigenvalue weighted by atomic mass is 16.6. The van der Waals surface area contributed by atoms with Crippen LogP contribution in [0.4, 0.5) is 0 Å². The van der Waals surface area contributed by atoms with Crippen LogP contribution < -0.4 is 0 Å². The molecule has 3 rings (SSSR count). The van der Waals surface area contributed by atoms with Gasteiger partial charge in [0, 0.05) is 0 Å². The third kappa shape index (κ3) is 3.17. The molecule has 0 spiro atoms. The number of allylic oxidation sites excluding steroid dienone is 1. The second kappa shape index (κ2) is 6.06. The van der Waals surface area contributed by atoms with Gasteiger partial charge in [-0.25, -0.2) is 0 Å². The van der Waals surface area contributed by atoms with E-state index in [1.165, 1.54) is 11.1 Å². The maximum Gasteiger partial charge on any atom is 0.117 e. The Morgan fingerprint density at radius 1 is 0.950 bits per heavy atom. The summed E-state index contributed by atoms with van der Waals surface area (Å²) in [6.45, 7) is 0.874. The van der Waals surface area contributed by atoms with Gasteiger partial charge in [0.1, 0.15) is 5.60 Å². The number of hydrogen-bond donors (Lipinski definition) is 0. The third-order valence-electron chi connectivity index (χ3n) is 3.85. The molecule has 1 heterocycles. The molecule has 2 aromatic rings. The quantitative estimate of drug-likeness (QED) is 0.539. The van der Waals surface area contributed by atoms with Crippen molar-refractivity contribution in [3.05, 3.63) is 77.9 Å². The first-order valence-corrected chi connectivity index (χ1v) is 7.30. The summed E-state index contributed by atoms with van der Waals surface area (Å²) in [5.74, 6) is 0. The zero-order valence-corrected chi connectivity index (χ0v) is 11.7. The fourth-order valence-electron chi connectivity index (χ4n) is 2.57. The molecule has 1 aliphatic rings. The topological polar surface area (TPSA) is 12.5 Å². The maximum absolute atomic E-state index is 5.72. The Balaban J connectivity index is 1.48. The monoisotopic (exact) mass is 264 g/mol. The molecule has 1 aliphatic heterocycles. The molecule has 1 heteroatoms. The molecule has 1 atom stereocenters. The van der Waals surface area contributed by atoms with Crippen molar-refractivity contribution in [1.82, 2.24) is 0 Å². The molecule has 1 unspecified atom stereocenters. The normalized spacial score (nSPS) is 21.2. The van der Waals surface area contributed by atoms with Gasteiger partial charge in [-0.1, -0.05) is 72.8 Å². The minimum Gasteiger partial charge on any atom is -0.365 e. The number of unbranched alkanes of at least 4 members (excludes halogenated alkanes) is 1. The Kier molecular flexibility index (Phi) is 3.98. The minimum absolute atomic E-state index is 0.0157. The summed E-state index contributed by atoms with van der Waals surface area (Å²) in [6.07, 6.45) is 7.83. The van der Waals surface area contributed by atoms with Gasteiger partial charge in [0.25, 0.3) is 0 Å². The van der Waals surface area contributed by atoms with E-state index in [0.29, 0.717) is 0 Å². The molecule has 0 aliphatic carbocycles. The van der Waals surface area contributed by atoms with Crippen LogP contribution in [-0.4, -0.2) is 6.61 Å². The van der Waals surface area contributed by atoms with Gasteiger partial charge in [-0.2, -0.15) is 0 Å². The molecular formula is C19H20O. The van der Waals surface area contributed by atoms with E-state index in [1.54, 1.807) is 0 Å². The number of epoxide rings is 1. The van der Waals surface area contributed by atoms with Crippen LogP contribution in [0.3, 0.4) is 0 Å². The van der Waals surface area contributed by atoms with Gasteiger partial charge in [-0.15, -0.1) is 0 Å². The molecule has 20 heavy (non-hydrogen) atoms. The second-order valence-electron chi connectivity index (χ2n) is 5.35. The molecule has 1 fully saturated rings. The predicted octanol–water partition coefficient (Wildman–Crippen LogP) is 4.80. The molecule has 1 saturated heterocycles. The Bertz CT molecular complexity index is 553. The van der Waals surface area contributed by atoms with E-state index in [-0.39, 0.29) is 5.60 Å². The van der Waals surface area contributed by atoms with Crippen LogP contribution in [0.5, 0.6) is 0 Å². The molecule has 2 aromatic carbocycles. The van der Waals surface area contributed by atoms with E-state index >= 15 is 0 Å². The summed E-state index contributed by atoms with van der Waals surface area (Å²) >= 11 is 0. The van der Waals surface area contributed by atoms with Crippen LogP contribution in [0.25, 0.3) is 6.08 Å². The van der Waals surface area contributed by atoms with E-state index in [1.807, 2.05) is 6.07 Å². The van der Waals surface area contributed by atoms with E-state index in [4.69, 9.17) is 4.74 Å². The molecule has 1 nitrogen and oxygen atoms in total. The van der Waals surface area contributed by atoms with Crippen molar-refractivity contribution in [2.45, 2.75) is 24.9 Å². The molecular weight excluding hydrogens is 244 g/mol. The van der Waals surface area contributed by atoms with E-state index in [9.17, 15) is 0 Å². The van der Waals surface area contributed by atoms with Crippen LogP contribution in [0, 0.1) is 0 Å².